The molecular formula is C11H13F3N2O4. The van der Waals surface area contributed by atoms with Crippen LogP contribution in [0, 0.1) is 5.92 Å². The second kappa shape index (κ2) is 4.95. The number of aliphatic carboxylic acids is 1. The summed E-state index contributed by atoms with van der Waals surface area (Å²) in [7, 11) is 0. The first-order chi connectivity index (χ1) is 9.20. The molecule has 2 fully saturated rings. The van der Waals surface area contributed by atoms with E-state index in [-0.39, 0.29) is 38.4 Å². The van der Waals surface area contributed by atoms with Crippen molar-refractivity contribution in [2.24, 2.45) is 5.92 Å². The van der Waals surface area contributed by atoms with Crippen LogP contribution < -0.4 is 0 Å². The minimum Gasteiger partial charge on any atom is -0.481 e. The van der Waals surface area contributed by atoms with Gasteiger partial charge in [0.15, 0.2) is 0 Å². The van der Waals surface area contributed by atoms with Gasteiger partial charge in [0.25, 0.3) is 0 Å². The summed E-state index contributed by atoms with van der Waals surface area (Å²) in [4.78, 5) is 35.5. The van der Waals surface area contributed by atoms with Crippen molar-refractivity contribution in [2.75, 3.05) is 19.6 Å². The summed E-state index contributed by atoms with van der Waals surface area (Å²) in [6.45, 7) is -0.284. The van der Waals surface area contributed by atoms with E-state index in [0.29, 0.717) is 4.90 Å². The van der Waals surface area contributed by atoms with E-state index >= 15 is 0 Å². The highest BCUT2D eigenvalue weighted by Gasteiger charge is 2.47. The highest BCUT2D eigenvalue weighted by molar-refractivity contribution is 5.86. The number of amides is 2. The van der Waals surface area contributed by atoms with Gasteiger partial charge in [0.2, 0.25) is 5.91 Å². The van der Waals surface area contributed by atoms with Crippen molar-refractivity contribution in [2.45, 2.75) is 25.1 Å². The van der Waals surface area contributed by atoms with Crippen LogP contribution in [0.3, 0.4) is 0 Å². The van der Waals surface area contributed by atoms with Crippen LogP contribution in [0.1, 0.15) is 12.8 Å². The lowest BCUT2D eigenvalue weighted by Gasteiger charge is -2.24. The fraction of sp³-hybridized carbons (Fsp3) is 0.727. The largest absolute Gasteiger partial charge is 0.481 e. The summed E-state index contributed by atoms with van der Waals surface area (Å²) in [6.07, 6.45) is -4.83. The predicted octanol–water partition coefficient (Wildman–Crippen LogP) is 0.0827. The standard InChI is InChI=1S/C11H13F3N2O4/c12-11(13,14)10(20)15-2-1-7(5-15)16-4-6(9(18)19)3-8(16)17/h6-7H,1-5H2,(H,18,19). The molecule has 2 aliphatic rings. The number of hydrogen-bond acceptors (Lipinski definition) is 3. The molecule has 0 saturated carbocycles. The molecule has 0 spiro atoms. The van der Waals surface area contributed by atoms with Crippen LogP contribution in [-0.4, -0.2) is 64.5 Å². The van der Waals surface area contributed by atoms with Crippen LogP contribution in [0.4, 0.5) is 13.2 Å². The molecule has 0 bridgehead atoms. The van der Waals surface area contributed by atoms with Gasteiger partial charge in [-0.25, -0.2) is 0 Å². The zero-order valence-corrected chi connectivity index (χ0v) is 10.4. The minimum atomic E-state index is -4.92. The highest BCUT2D eigenvalue weighted by Crippen LogP contribution is 2.27. The first-order valence-corrected chi connectivity index (χ1v) is 6.08. The SMILES string of the molecule is O=C(O)C1CC(=O)N(C2CCN(C(=O)C(F)(F)F)C2)C1. The first-order valence-electron chi connectivity index (χ1n) is 6.08. The molecule has 1 N–H and O–H groups in total. The molecule has 2 aliphatic heterocycles. The van der Waals surface area contributed by atoms with Crippen molar-refractivity contribution in [3.05, 3.63) is 0 Å². The molecule has 0 aromatic rings. The van der Waals surface area contributed by atoms with E-state index < -0.39 is 30.0 Å². The molecule has 2 heterocycles. The zero-order valence-electron chi connectivity index (χ0n) is 10.4. The third-order valence-corrected chi connectivity index (χ3v) is 3.64. The molecule has 0 aliphatic carbocycles. The van der Waals surface area contributed by atoms with Crippen LogP contribution in [0.2, 0.25) is 0 Å². The number of halogens is 3. The predicted molar refractivity (Wildman–Crippen MR) is 58.5 cm³/mol. The number of alkyl halides is 3. The van der Waals surface area contributed by atoms with Gasteiger partial charge in [0.1, 0.15) is 0 Å². The number of carboxylic acids is 1. The lowest BCUT2D eigenvalue weighted by Crippen LogP contribution is -2.43. The smallest absolute Gasteiger partial charge is 0.471 e. The monoisotopic (exact) mass is 294 g/mol. The van der Waals surface area contributed by atoms with Crippen molar-refractivity contribution in [3.8, 4) is 0 Å². The Labute approximate surface area is 112 Å². The van der Waals surface area contributed by atoms with E-state index in [9.17, 15) is 27.6 Å². The van der Waals surface area contributed by atoms with Crippen molar-refractivity contribution in [1.82, 2.24) is 9.80 Å². The molecule has 9 heteroatoms. The summed E-state index contributed by atoms with van der Waals surface area (Å²) in [5, 5.41) is 8.85. The molecule has 2 amide bonds. The van der Waals surface area contributed by atoms with Crippen LogP contribution in [0.5, 0.6) is 0 Å². The molecule has 2 atom stereocenters. The Hall–Kier alpha value is -1.80. The maximum Gasteiger partial charge on any atom is 0.471 e. The van der Waals surface area contributed by atoms with E-state index in [0.717, 1.165) is 0 Å². The van der Waals surface area contributed by atoms with Gasteiger partial charge >= 0.3 is 18.1 Å². The maximum atomic E-state index is 12.3. The van der Waals surface area contributed by atoms with Gasteiger partial charge in [-0.05, 0) is 6.42 Å². The number of carbonyl (C=O) groups is 3. The summed E-state index contributed by atoms with van der Waals surface area (Å²) >= 11 is 0. The molecular weight excluding hydrogens is 281 g/mol. The van der Waals surface area contributed by atoms with Crippen LogP contribution in [0.25, 0.3) is 0 Å². The summed E-state index contributed by atoms with van der Waals surface area (Å²) < 4.78 is 36.9. The molecule has 112 valence electrons. The van der Waals surface area contributed by atoms with E-state index in [1.165, 1.54) is 4.90 Å². The Kier molecular flexibility index (Phi) is 3.61. The van der Waals surface area contributed by atoms with Crippen molar-refractivity contribution in [1.29, 1.82) is 0 Å². The van der Waals surface area contributed by atoms with Gasteiger partial charge in [-0.1, -0.05) is 0 Å². The Morgan fingerprint density at radius 3 is 2.40 bits per heavy atom. The normalized spacial score (nSPS) is 27.2. The van der Waals surface area contributed by atoms with Gasteiger partial charge < -0.3 is 14.9 Å². The van der Waals surface area contributed by atoms with Gasteiger partial charge in [0, 0.05) is 26.1 Å². The lowest BCUT2D eigenvalue weighted by atomic mass is 10.1. The Morgan fingerprint density at radius 1 is 1.25 bits per heavy atom. The number of hydrogen-bond donors (Lipinski definition) is 1. The second-order valence-electron chi connectivity index (χ2n) is 4.98. The van der Waals surface area contributed by atoms with Gasteiger partial charge in [-0.2, -0.15) is 13.2 Å². The average molecular weight is 294 g/mol. The van der Waals surface area contributed by atoms with Crippen LogP contribution in [0.15, 0.2) is 0 Å². The van der Waals surface area contributed by atoms with Crippen LogP contribution in [-0.2, 0) is 14.4 Å². The molecule has 20 heavy (non-hydrogen) atoms. The van der Waals surface area contributed by atoms with Crippen molar-refractivity contribution in [3.63, 3.8) is 0 Å². The Balaban J connectivity index is 1.98. The first kappa shape index (κ1) is 14.6. The fourth-order valence-electron chi connectivity index (χ4n) is 2.61. The van der Waals surface area contributed by atoms with Gasteiger partial charge in [-0.15, -0.1) is 0 Å². The lowest BCUT2D eigenvalue weighted by molar-refractivity contribution is -0.184. The van der Waals surface area contributed by atoms with E-state index in [1.807, 2.05) is 0 Å². The quantitative estimate of drug-likeness (QED) is 0.782. The fourth-order valence-corrected chi connectivity index (χ4v) is 2.61. The molecule has 2 unspecified atom stereocenters. The molecule has 2 saturated heterocycles. The molecule has 0 aromatic heterocycles. The number of likely N-dealkylation sites (tertiary alicyclic amines) is 2. The van der Waals surface area contributed by atoms with Crippen molar-refractivity contribution < 1.29 is 32.7 Å². The van der Waals surface area contributed by atoms with E-state index in [1.54, 1.807) is 0 Å². The number of nitrogens with zero attached hydrogens (tertiary/aromatic N) is 2. The summed E-state index contributed by atoms with van der Waals surface area (Å²) in [6, 6.07) is -0.529. The molecule has 6 nitrogen and oxygen atoms in total. The molecule has 0 aromatic carbocycles. The third kappa shape index (κ3) is 2.70. The van der Waals surface area contributed by atoms with E-state index in [4.69, 9.17) is 5.11 Å². The number of carbonyl (C=O) groups excluding carboxylic acids is 2. The summed E-state index contributed by atoms with van der Waals surface area (Å²) in [5.74, 6) is -4.22. The maximum absolute atomic E-state index is 12.3. The second-order valence-corrected chi connectivity index (χ2v) is 4.98. The highest BCUT2D eigenvalue weighted by atomic mass is 19.4. The molecule has 2 rings (SSSR count). The molecule has 0 radical (unpaired) electrons. The van der Waals surface area contributed by atoms with Gasteiger partial charge in [0.05, 0.1) is 12.0 Å². The topological polar surface area (TPSA) is 77.9 Å². The van der Waals surface area contributed by atoms with Crippen molar-refractivity contribution >= 4 is 17.8 Å². The zero-order chi connectivity index (χ0) is 15.1. The van der Waals surface area contributed by atoms with Gasteiger partial charge in [-0.3, -0.25) is 14.4 Å². The van der Waals surface area contributed by atoms with E-state index in [2.05, 4.69) is 0 Å². The minimum absolute atomic E-state index is 0.00706. The number of rotatable bonds is 2. The third-order valence-electron chi connectivity index (χ3n) is 3.64. The number of carboxylic acid groups (broad SMARTS) is 1. The average Bonchev–Trinajstić information content (AvgIpc) is 2.92. The Bertz CT molecular complexity index is 451. The Morgan fingerprint density at radius 2 is 1.90 bits per heavy atom. The van der Waals surface area contributed by atoms with Crippen LogP contribution >= 0.6 is 0 Å². The summed E-state index contributed by atoms with van der Waals surface area (Å²) in [5.41, 5.74) is 0.